The number of amides is 2. The first-order chi connectivity index (χ1) is 13.6. The Bertz CT molecular complexity index is 832. The molecule has 1 heterocycles. The van der Waals surface area contributed by atoms with Crippen LogP contribution in [-0.4, -0.2) is 49.4 Å². The van der Waals surface area contributed by atoms with Crippen molar-refractivity contribution in [3.05, 3.63) is 65.5 Å². The van der Waals surface area contributed by atoms with Gasteiger partial charge < -0.3 is 15.1 Å². The number of halogens is 1. The maximum atomic E-state index is 14.0. The van der Waals surface area contributed by atoms with Crippen molar-refractivity contribution in [1.29, 1.82) is 0 Å². The molecule has 1 saturated heterocycles. The predicted molar refractivity (Wildman–Crippen MR) is 108 cm³/mol. The van der Waals surface area contributed by atoms with Crippen molar-refractivity contribution in [3.8, 4) is 0 Å². The maximum absolute atomic E-state index is 14.0. The van der Waals surface area contributed by atoms with Gasteiger partial charge in [0.15, 0.2) is 0 Å². The van der Waals surface area contributed by atoms with E-state index < -0.39 is 0 Å². The summed E-state index contributed by atoms with van der Waals surface area (Å²) < 4.78 is 14.0. The molecule has 0 spiro atoms. The summed E-state index contributed by atoms with van der Waals surface area (Å²) in [4.78, 5) is 28.8. The summed E-state index contributed by atoms with van der Waals surface area (Å²) in [6.45, 7) is 4.87. The third-order valence-corrected chi connectivity index (χ3v) is 4.95. The highest BCUT2D eigenvalue weighted by atomic mass is 19.1. The number of nitrogens with one attached hydrogen (secondary N) is 1. The molecule has 5 nitrogen and oxygen atoms in total. The summed E-state index contributed by atoms with van der Waals surface area (Å²) in [7, 11) is 0. The van der Waals surface area contributed by atoms with Gasteiger partial charge in [0.2, 0.25) is 0 Å². The fraction of sp³-hybridized carbons (Fsp3) is 0.364. The largest absolute Gasteiger partial charge is 0.366 e. The van der Waals surface area contributed by atoms with Crippen LogP contribution in [0.3, 0.4) is 0 Å². The minimum absolute atomic E-state index is 0.101. The first-order valence-corrected chi connectivity index (χ1v) is 9.77. The lowest BCUT2D eigenvalue weighted by atomic mass is 10.1. The molecule has 2 aromatic carbocycles. The number of carbonyl (C=O) groups excluding carboxylic acids is 2. The summed E-state index contributed by atoms with van der Waals surface area (Å²) in [5.41, 5.74) is 1.56. The molecule has 0 atom stereocenters. The predicted octanol–water partition coefficient (Wildman–Crippen LogP) is 3.32. The second kappa shape index (κ2) is 9.35. The SMILES string of the molecule is CCCCNC(=O)c1cccc(C(=O)N2CCN(c3ccccc3F)CC2)c1. The van der Waals surface area contributed by atoms with E-state index in [-0.39, 0.29) is 17.6 Å². The average molecular weight is 383 g/mol. The van der Waals surface area contributed by atoms with Gasteiger partial charge in [-0.2, -0.15) is 0 Å². The fourth-order valence-electron chi connectivity index (χ4n) is 3.32. The summed E-state index contributed by atoms with van der Waals surface area (Å²) in [5, 5.41) is 2.87. The topological polar surface area (TPSA) is 52.7 Å². The van der Waals surface area contributed by atoms with Gasteiger partial charge in [-0.15, -0.1) is 0 Å². The molecule has 1 N–H and O–H groups in total. The van der Waals surface area contributed by atoms with Crippen molar-refractivity contribution >= 4 is 17.5 Å². The van der Waals surface area contributed by atoms with E-state index in [1.165, 1.54) is 6.07 Å². The van der Waals surface area contributed by atoms with Gasteiger partial charge in [-0.1, -0.05) is 31.5 Å². The molecule has 2 amide bonds. The second-order valence-corrected chi connectivity index (χ2v) is 6.92. The van der Waals surface area contributed by atoms with E-state index in [9.17, 15) is 14.0 Å². The van der Waals surface area contributed by atoms with Gasteiger partial charge in [-0.25, -0.2) is 4.39 Å². The van der Waals surface area contributed by atoms with E-state index in [1.54, 1.807) is 41.3 Å². The van der Waals surface area contributed by atoms with Crippen LogP contribution in [0.1, 0.15) is 40.5 Å². The van der Waals surface area contributed by atoms with Crippen LogP contribution < -0.4 is 10.2 Å². The molecule has 6 heteroatoms. The van der Waals surface area contributed by atoms with Gasteiger partial charge in [-0.3, -0.25) is 9.59 Å². The molecular formula is C22H26FN3O2. The van der Waals surface area contributed by atoms with E-state index >= 15 is 0 Å². The van der Waals surface area contributed by atoms with Gasteiger partial charge >= 0.3 is 0 Å². The van der Waals surface area contributed by atoms with Gasteiger partial charge in [0.05, 0.1) is 5.69 Å². The van der Waals surface area contributed by atoms with Gasteiger partial charge in [0, 0.05) is 43.9 Å². The number of carbonyl (C=O) groups is 2. The Morgan fingerprint density at radius 3 is 2.43 bits per heavy atom. The number of hydrogen-bond donors (Lipinski definition) is 1. The molecule has 148 valence electrons. The Morgan fingerprint density at radius 2 is 1.71 bits per heavy atom. The highest BCUT2D eigenvalue weighted by Gasteiger charge is 2.24. The van der Waals surface area contributed by atoms with Crippen LogP contribution in [0.5, 0.6) is 0 Å². The molecule has 0 aliphatic carbocycles. The Kier molecular flexibility index (Phi) is 6.63. The fourth-order valence-corrected chi connectivity index (χ4v) is 3.32. The van der Waals surface area contributed by atoms with E-state index in [0.29, 0.717) is 49.5 Å². The third-order valence-electron chi connectivity index (χ3n) is 4.95. The molecule has 0 unspecified atom stereocenters. The first kappa shape index (κ1) is 19.9. The Hall–Kier alpha value is -2.89. The molecule has 3 rings (SSSR count). The highest BCUT2D eigenvalue weighted by molar-refractivity contribution is 5.99. The van der Waals surface area contributed by atoms with Crippen LogP contribution in [-0.2, 0) is 0 Å². The Morgan fingerprint density at radius 1 is 1.00 bits per heavy atom. The normalized spacial score (nSPS) is 14.1. The minimum Gasteiger partial charge on any atom is -0.366 e. The number of nitrogens with zero attached hydrogens (tertiary/aromatic N) is 2. The zero-order valence-corrected chi connectivity index (χ0v) is 16.2. The quantitative estimate of drug-likeness (QED) is 0.779. The molecule has 28 heavy (non-hydrogen) atoms. The lowest BCUT2D eigenvalue weighted by Crippen LogP contribution is -2.49. The van der Waals surface area contributed by atoms with Crippen LogP contribution in [0, 0.1) is 5.82 Å². The number of anilines is 1. The number of unbranched alkanes of at least 4 members (excludes halogenated alkanes) is 1. The van der Waals surface area contributed by atoms with Crippen molar-refractivity contribution in [2.24, 2.45) is 0 Å². The molecule has 0 bridgehead atoms. The Labute approximate surface area is 165 Å². The van der Waals surface area contributed by atoms with Crippen molar-refractivity contribution in [2.45, 2.75) is 19.8 Å². The van der Waals surface area contributed by atoms with E-state index in [4.69, 9.17) is 0 Å². The molecule has 1 aliphatic heterocycles. The minimum atomic E-state index is -0.246. The summed E-state index contributed by atoms with van der Waals surface area (Å²) in [6, 6.07) is 13.5. The average Bonchev–Trinajstić information content (AvgIpc) is 2.74. The zero-order chi connectivity index (χ0) is 19.9. The zero-order valence-electron chi connectivity index (χ0n) is 16.2. The smallest absolute Gasteiger partial charge is 0.253 e. The van der Waals surface area contributed by atoms with Crippen molar-refractivity contribution < 1.29 is 14.0 Å². The number of rotatable bonds is 6. The van der Waals surface area contributed by atoms with E-state index in [1.807, 2.05) is 11.0 Å². The van der Waals surface area contributed by atoms with E-state index in [0.717, 1.165) is 12.8 Å². The number of para-hydroxylation sites is 1. The monoisotopic (exact) mass is 383 g/mol. The molecule has 0 radical (unpaired) electrons. The third kappa shape index (κ3) is 4.68. The van der Waals surface area contributed by atoms with Gasteiger partial charge in [0.25, 0.3) is 11.8 Å². The molecule has 1 aliphatic rings. The van der Waals surface area contributed by atoms with Gasteiger partial charge in [0.1, 0.15) is 5.82 Å². The number of hydrogen-bond acceptors (Lipinski definition) is 3. The summed E-state index contributed by atoms with van der Waals surface area (Å²) >= 11 is 0. The lowest BCUT2D eigenvalue weighted by Gasteiger charge is -2.36. The molecule has 0 aromatic heterocycles. The number of benzene rings is 2. The van der Waals surface area contributed by atoms with Crippen LogP contribution in [0.4, 0.5) is 10.1 Å². The summed E-state index contributed by atoms with van der Waals surface area (Å²) in [5.74, 6) is -0.507. The van der Waals surface area contributed by atoms with Crippen molar-refractivity contribution in [1.82, 2.24) is 10.2 Å². The van der Waals surface area contributed by atoms with Crippen molar-refractivity contribution in [3.63, 3.8) is 0 Å². The highest BCUT2D eigenvalue weighted by Crippen LogP contribution is 2.21. The molecule has 0 saturated carbocycles. The van der Waals surface area contributed by atoms with Crippen LogP contribution in [0.25, 0.3) is 0 Å². The lowest BCUT2D eigenvalue weighted by molar-refractivity contribution is 0.0746. The van der Waals surface area contributed by atoms with Gasteiger partial charge in [-0.05, 0) is 36.8 Å². The molecular weight excluding hydrogens is 357 g/mol. The molecule has 2 aromatic rings. The molecule has 1 fully saturated rings. The van der Waals surface area contributed by atoms with E-state index in [2.05, 4.69) is 12.2 Å². The number of piperazine rings is 1. The van der Waals surface area contributed by atoms with Crippen LogP contribution in [0.15, 0.2) is 48.5 Å². The van der Waals surface area contributed by atoms with Crippen LogP contribution in [0.2, 0.25) is 0 Å². The Balaban J connectivity index is 1.61. The second-order valence-electron chi connectivity index (χ2n) is 6.92. The first-order valence-electron chi connectivity index (χ1n) is 9.77. The standard InChI is InChI=1S/C22H26FN3O2/c1-2-3-11-24-21(27)17-7-6-8-18(16-17)22(28)26-14-12-25(13-15-26)20-10-5-4-9-19(20)23/h4-10,16H,2-3,11-15H2,1H3,(H,24,27). The maximum Gasteiger partial charge on any atom is 0.253 e. The summed E-state index contributed by atoms with van der Waals surface area (Å²) in [6.07, 6.45) is 1.94. The van der Waals surface area contributed by atoms with Crippen molar-refractivity contribution in [2.75, 3.05) is 37.6 Å². The van der Waals surface area contributed by atoms with Crippen LogP contribution >= 0.6 is 0 Å².